The summed E-state index contributed by atoms with van der Waals surface area (Å²) >= 11 is 0. The summed E-state index contributed by atoms with van der Waals surface area (Å²) in [7, 11) is 3.92. The van der Waals surface area contributed by atoms with Crippen LogP contribution in [-0.2, 0) is 6.54 Å². The molecule has 0 unspecified atom stereocenters. The second kappa shape index (κ2) is 9.06. The van der Waals surface area contributed by atoms with Crippen molar-refractivity contribution < 1.29 is 9.59 Å². The third-order valence-electron chi connectivity index (χ3n) is 4.73. The number of aryl methyl sites for hydroxylation is 1. The molecular weight excluding hydrogens is 362 g/mol. The Balaban J connectivity index is 1.65. The first kappa shape index (κ1) is 20.1. The minimum atomic E-state index is -0.254. The first-order chi connectivity index (χ1) is 13.9. The third-order valence-corrected chi connectivity index (χ3v) is 4.73. The molecule has 0 fully saturated rings. The zero-order chi connectivity index (χ0) is 20.8. The van der Waals surface area contributed by atoms with E-state index < -0.39 is 0 Å². The summed E-state index contributed by atoms with van der Waals surface area (Å²) in [4.78, 5) is 27.1. The number of hydrogen-bond donors (Lipinski definition) is 2. The van der Waals surface area contributed by atoms with Gasteiger partial charge in [0.2, 0.25) is 0 Å². The summed E-state index contributed by atoms with van der Waals surface area (Å²) in [6.07, 6.45) is 0. The van der Waals surface area contributed by atoms with Gasteiger partial charge >= 0.3 is 0 Å². The van der Waals surface area contributed by atoms with Gasteiger partial charge in [-0.15, -0.1) is 0 Å². The van der Waals surface area contributed by atoms with Gasteiger partial charge in [-0.25, -0.2) is 0 Å². The van der Waals surface area contributed by atoms with Crippen molar-refractivity contribution in [2.75, 3.05) is 24.3 Å². The zero-order valence-corrected chi connectivity index (χ0v) is 16.9. The lowest BCUT2D eigenvalue weighted by atomic mass is 10.1. The molecule has 5 heteroatoms. The molecule has 0 atom stereocenters. The van der Waals surface area contributed by atoms with E-state index in [1.165, 1.54) is 0 Å². The number of nitrogens with zero attached hydrogens (tertiary/aromatic N) is 1. The lowest BCUT2D eigenvalue weighted by Crippen LogP contribution is -2.23. The topological polar surface area (TPSA) is 61.4 Å². The standard InChI is InChI=1S/C24H25N3O2/c1-17-7-4-5-8-20(17)16-25-23(28)18-9-6-10-19(15-18)24(29)26-21-11-13-22(14-12-21)27(2)3/h4-15H,16H2,1-3H3,(H,25,28)(H,26,29). The fraction of sp³-hybridized carbons (Fsp3) is 0.167. The van der Waals surface area contributed by atoms with Gasteiger partial charge < -0.3 is 15.5 Å². The Morgan fingerprint density at radius 1 is 0.828 bits per heavy atom. The van der Waals surface area contributed by atoms with Crippen LogP contribution < -0.4 is 15.5 Å². The van der Waals surface area contributed by atoms with Gasteiger partial charge in [-0.3, -0.25) is 9.59 Å². The van der Waals surface area contributed by atoms with Crippen LogP contribution in [0.5, 0.6) is 0 Å². The number of amides is 2. The number of anilines is 2. The van der Waals surface area contributed by atoms with Gasteiger partial charge in [-0.05, 0) is 60.5 Å². The molecule has 2 N–H and O–H groups in total. The molecule has 0 radical (unpaired) electrons. The van der Waals surface area contributed by atoms with E-state index >= 15 is 0 Å². The number of carbonyl (C=O) groups excluding carboxylic acids is 2. The summed E-state index contributed by atoms with van der Waals surface area (Å²) in [5.74, 6) is -0.464. The van der Waals surface area contributed by atoms with Crippen LogP contribution in [0.25, 0.3) is 0 Å². The predicted octanol–water partition coefficient (Wildman–Crippen LogP) is 4.24. The van der Waals surface area contributed by atoms with Crippen LogP contribution in [0.3, 0.4) is 0 Å². The fourth-order valence-electron chi connectivity index (χ4n) is 2.93. The predicted molar refractivity (Wildman–Crippen MR) is 118 cm³/mol. The monoisotopic (exact) mass is 387 g/mol. The normalized spacial score (nSPS) is 10.3. The van der Waals surface area contributed by atoms with E-state index in [9.17, 15) is 9.59 Å². The van der Waals surface area contributed by atoms with Gasteiger partial charge in [-0.2, -0.15) is 0 Å². The van der Waals surface area contributed by atoms with Crippen molar-refractivity contribution in [2.24, 2.45) is 0 Å². The Hall–Kier alpha value is -3.60. The van der Waals surface area contributed by atoms with Crippen molar-refractivity contribution in [3.05, 3.63) is 95.1 Å². The molecule has 29 heavy (non-hydrogen) atoms. The van der Waals surface area contributed by atoms with E-state index in [0.717, 1.165) is 16.8 Å². The van der Waals surface area contributed by atoms with E-state index in [1.54, 1.807) is 24.3 Å². The number of carbonyl (C=O) groups is 2. The first-order valence-electron chi connectivity index (χ1n) is 9.45. The van der Waals surface area contributed by atoms with E-state index in [1.807, 2.05) is 74.4 Å². The highest BCUT2D eigenvalue weighted by molar-refractivity contribution is 6.06. The molecule has 0 saturated heterocycles. The summed E-state index contributed by atoms with van der Waals surface area (Å²) < 4.78 is 0. The molecule has 3 rings (SSSR count). The molecule has 0 saturated carbocycles. The van der Waals surface area contributed by atoms with E-state index in [2.05, 4.69) is 10.6 Å². The van der Waals surface area contributed by atoms with Crippen LogP contribution in [0.15, 0.2) is 72.8 Å². The molecule has 0 bridgehead atoms. The van der Waals surface area contributed by atoms with Crippen molar-refractivity contribution in [3.8, 4) is 0 Å². The SMILES string of the molecule is Cc1ccccc1CNC(=O)c1cccc(C(=O)Nc2ccc(N(C)C)cc2)c1. The molecular formula is C24H25N3O2. The maximum Gasteiger partial charge on any atom is 0.255 e. The second-order valence-electron chi connectivity index (χ2n) is 7.09. The van der Waals surface area contributed by atoms with Gasteiger partial charge in [0, 0.05) is 43.1 Å². The Labute approximate surface area is 171 Å². The number of nitrogens with one attached hydrogen (secondary N) is 2. The quantitative estimate of drug-likeness (QED) is 0.665. The highest BCUT2D eigenvalue weighted by atomic mass is 16.2. The van der Waals surface area contributed by atoms with E-state index in [0.29, 0.717) is 23.4 Å². The average molecular weight is 387 g/mol. The highest BCUT2D eigenvalue weighted by Crippen LogP contribution is 2.17. The maximum absolute atomic E-state index is 12.6. The number of rotatable bonds is 6. The molecule has 0 aromatic heterocycles. The Bertz CT molecular complexity index is 1010. The molecule has 3 aromatic rings. The van der Waals surface area contributed by atoms with Crippen LogP contribution in [0.1, 0.15) is 31.8 Å². The van der Waals surface area contributed by atoms with Gasteiger partial charge in [0.05, 0.1) is 0 Å². The molecule has 0 aliphatic heterocycles. The van der Waals surface area contributed by atoms with Crippen molar-refractivity contribution in [2.45, 2.75) is 13.5 Å². The minimum absolute atomic E-state index is 0.210. The van der Waals surface area contributed by atoms with Crippen LogP contribution in [-0.4, -0.2) is 25.9 Å². The molecule has 2 amide bonds. The lowest BCUT2D eigenvalue weighted by molar-refractivity contribution is 0.0951. The van der Waals surface area contributed by atoms with E-state index in [4.69, 9.17) is 0 Å². The zero-order valence-electron chi connectivity index (χ0n) is 16.9. The largest absolute Gasteiger partial charge is 0.378 e. The highest BCUT2D eigenvalue weighted by Gasteiger charge is 2.11. The Kier molecular flexibility index (Phi) is 6.29. The van der Waals surface area contributed by atoms with Crippen LogP contribution in [0, 0.1) is 6.92 Å². The van der Waals surface area contributed by atoms with Crippen molar-refractivity contribution >= 4 is 23.2 Å². The summed E-state index contributed by atoms with van der Waals surface area (Å²) in [6, 6.07) is 22.2. The van der Waals surface area contributed by atoms with Crippen LogP contribution in [0.2, 0.25) is 0 Å². The molecule has 0 aliphatic rings. The minimum Gasteiger partial charge on any atom is -0.378 e. The van der Waals surface area contributed by atoms with Crippen molar-refractivity contribution in [3.63, 3.8) is 0 Å². The average Bonchev–Trinajstić information content (AvgIpc) is 2.73. The fourth-order valence-corrected chi connectivity index (χ4v) is 2.93. The van der Waals surface area contributed by atoms with Gasteiger partial charge in [0.25, 0.3) is 11.8 Å². The van der Waals surface area contributed by atoms with Crippen molar-refractivity contribution in [1.29, 1.82) is 0 Å². The van der Waals surface area contributed by atoms with Gasteiger partial charge in [0.1, 0.15) is 0 Å². The van der Waals surface area contributed by atoms with Gasteiger partial charge in [-0.1, -0.05) is 30.3 Å². The Morgan fingerprint density at radius 2 is 1.48 bits per heavy atom. The molecule has 148 valence electrons. The first-order valence-corrected chi connectivity index (χ1v) is 9.45. The molecule has 5 nitrogen and oxygen atoms in total. The Morgan fingerprint density at radius 3 is 2.14 bits per heavy atom. The molecule has 0 aliphatic carbocycles. The molecule has 0 heterocycles. The van der Waals surface area contributed by atoms with Crippen LogP contribution in [0.4, 0.5) is 11.4 Å². The van der Waals surface area contributed by atoms with E-state index in [-0.39, 0.29) is 11.8 Å². The molecule has 3 aromatic carbocycles. The van der Waals surface area contributed by atoms with Crippen molar-refractivity contribution in [1.82, 2.24) is 5.32 Å². The maximum atomic E-state index is 12.6. The van der Waals surface area contributed by atoms with Gasteiger partial charge in [0.15, 0.2) is 0 Å². The number of benzene rings is 3. The van der Waals surface area contributed by atoms with Crippen LogP contribution >= 0.6 is 0 Å². The summed E-state index contributed by atoms with van der Waals surface area (Å²) in [5, 5.41) is 5.78. The third kappa shape index (κ3) is 5.23. The molecule has 0 spiro atoms. The summed E-state index contributed by atoms with van der Waals surface area (Å²) in [6.45, 7) is 2.46. The summed E-state index contributed by atoms with van der Waals surface area (Å²) in [5.41, 5.74) is 4.84. The lowest BCUT2D eigenvalue weighted by Gasteiger charge is -2.13. The number of hydrogen-bond acceptors (Lipinski definition) is 3. The smallest absolute Gasteiger partial charge is 0.255 e. The second-order valence-corrected chi connectivity index (χ2v) is 7.09.